The van der Waals surface area contributed by atoms with Gasteiger partial charge in [0.25, 0.3) is 5.91 Å². The summed E-state index contributed by atoms with van der Waals surface area (Å²) in [5, 5.41) is 10.1. The first-order valence-corrected chi connectivity index (χ1v) is 13.0. The zero-order valence-electron chi connectivity index (χ0n) is 21.5. The van der Waals surface area contributed by atoms with Crippen molar-refractivity contribution in [2.75, 3.05) is 6.54 Å². The van der Waals surface area contributed by atoms with Crippen LogP contribution in [0.1, 0.15) is 60.3 Å². The number of nitrogens with zero attached hydrogens (tertiary/aromatic N) is 1. The smallest absolute Gasteiger partial charge is 0.323 e. The van der Waals surface area contributed by atoms with Crippen molar-refractivity contribution in [1.29, 1.82) is 0 Å². The van der Waals surface area contributed by atoms with E-state index in [1.165, 1.54) is 16.0 Å². The molecule has 0 spiro atoms. The topological polar surface area (TPSA) is 66.8 Å². The molecule has 4 rings (SSSR count). The molecule has 1 atom stereocenters. The first-order chi connectivity index (χ1) is 17.3. The molecule has 0 radical (unpaired) electrons. The van der Waals surface area contributed by atoms with Crippen LogP contribution in [0.4, 0.5) is 0 Å². The molecule has 3 aromatic carbocycles. The van der Waals surface area contributed by atoms with E-state index in [1.54, 1.807) is 36.4 Å². The molecule has 37 heavy (non-hydrogen) atoms. The molecule has 3 aromatic rings. The second-order valence-electron chi connectivity index (χ2n) is 10.9. The van der Waals surface area contributed by atoms with Gasteiger partial charge in [-0.2, -0.15) is 0 Å². The highest BCUT2D eigenvalue weighted by atomic mass is 35.5. The lowest BCUT2D eigenvalue weighted by atomic mass is 9.85. The highest BCUT2D eigenvalue weighted by Crippen LogP contribution is 2.38. The normalized spacial score (nSPS) is 16.7. The number of hydrogen-bond acceptors (Lipinski definition) is 3. The lowest BCUT2D eigenvalue weighted by Crippen LogP contribution is -2.35. The summed E-state index contributed by atoms with van der Waals surface area (Å²) in [5.74, 6) is -0.762. The zero-order chi connectivity index (χ0) is 27.0. The standard InChI is InChI=1S/C30H31Cl2NO4/c1-29(2,3)23-11-8-19(9-12-23)15-30(4)16-22-14-20(10-13-25(22)37-30)28(36)33(18-26(34)35)17-21-6-5-7-24(31)27(21)32/h5-14H,15-18H2,1-4H3,(H,34,35)/t30-/m0/s1. The third kappa shape index (κ3) is 6.28. The van der Waals surface area contributed by atoms with Crippen molar-refractivity contribution in [3.05, 3.63) is 98.5 Å². The van der Waals surface area contributed by atoms with Gasteiger partial charge in [-0.1, -0.05) is 80.4 Å². The highest BCUT2D eigenvalue weighted by molar-refractivity contribution is 6.42. The van der Waals surface area contributed by atoms with Gasteiger partial charge in [-0.05, 0) is 58.9 Å². The van der Waals surface area contributed by atoms with E-state index in [-0.39, 0.29) is 12.0 Å². The van der Waals surface area contributed by atoms with Crippen LogP contribution < -0.4 is 4.74 Å². The van der Waals surface area contributed by atoms with E-state index in [0.717, 1.165) is 17.7 Å². The Hall–Kier alpha value is -3.02. The lowest BCUT2D eigenvalue weighted by Gasteiger charge is -2.25. The van der Waals surface area contributed by atoms with Crippen LogP contribution in [-0.2, 0) is 29.6 Å². The molecule has 0 saturated carbocycles. The lowest BCUT2D eigenvalue weighted by molar-refractivity contribution is -0.137. The maximum atomic E-state index is 13.4. The van der Waals surface area contributed by atoms with E-state index in [9.17, 15) is 14.7 Å². The first-order valence-electron chi connectivity index (χ1n) is 12.2. The zero-order valence-corrected chi connectivity index (χ0v) is 23.0. The van der Waals surface area contributed by atoms with E-state index in [1.807, 2.05) is 0 Å². The summed E-state index contributed by atoms with van der Waals surface area (Å²) in [6.45, 7) is 8.22. The van der Waals surface area contributed by atoms with Crippen LogP contribution in [0.5, 0.6) is 5.75 Å². The number of ether oxygens (including phenoxy) is 1. The molecule has 1 aliphatic heterocycles. The fourth-order valence-corrected chi connectivity index (χ4v) is 5.11. The van der Waals surface area contributed by atoms with Crippen LogP contribution in [-0.4, -0.2) is 34.0 Å². The van der Waals surface area contributed by atoms with Crippen molar-refractivity contribution in [3.63, 3.8) is 0 Å². The van der Waals surface area contributed by atoms with Crippen molar-refractivity contribution in [2.45, 2.75) is 58.1 Å². The Morgan fingerprint density at radius 3 is 2.41 bits per heavy atom. The maximum absolute atomic E-state index is 13.4. The molecule has 1 N–H and O–H groups in total. The Bertz CT molecular complexity index is 1330. The monoisotopic (exact) mass is 539 g/mol. The van der Waals surface area contributed by atoms with E-state index in [4.69, 9.17) is 27.9 Å². The minimum atomic E-state index is -1.11. The molecule has 7 heteroatoms. The van der Waals surface area contributed by atoms with Gasteiger partial charge in [0.2, 0.25) is 0 Å². The Labute approximate surface area is 228 Å². The quantitative estimate of drug-likeness (QED) is 0.352. The number of hydrogen-bond donors (Lipinski definition) is 1. The van der Waals surface area contributed by atoms with Crippen molar-refractivity contribution >= 4 is 35.1 Å². The van der Waals surface area contributed by atoms with Gasteiger partial charge in [0, 0.05) is 24.9 Å². The fourth-order valence-electron chi connectivity index (χ4n) is 4.73. The summed E-state index contributed by atoms with van der Waals surface area (Å²) in [5.41, 5.74) is 4.03. The summed E-state index contributed by atoms with van der Waals surface area (Å²) in [7, 11) is 0. The van der Waals surface area contributed by atoms with E-state index < -0.39 is 24.0 Å². The van der Waals surface area contributed by atoms with Gasteiger partial charge < -0.3 is 14.7 Å². The van der Waals surface area contributed by atoms with E-state index in [2.05, 4.69) is 52.0 Å². The van der Waals surface area contributed by atoms with Crippen LogP contribution in [0.2, 0.25) is 10.0 Å². The summed E-state index contributed by atoms with van der Waals surface area (Å²) < 4.78 is 6.33. The summed E-state index contributed by atoms with van der Waals surface area (Å²) in [6, 6.07) is 19.0. The number of carbonyl (C=O) groups is 2. The molecule has 0 saturated heterocycles. The number of carboxylic acids is 1. The van der Waals surface area contributed by atoms with Gasteiger partial charge in [-0.3, -0.25) is 9.59 Å². The molecule has 0 aromatic heterocycles. The summed E-state index contributed by atoms with van der Waals surface area (Å²) in [4.78, 5) is 26.2. The molecule has 1 aliphatic rings. The van der Waals surface area contributed by atoms with Crippen molar-refractivity contribution < 1.29 is 19.4 Å². The molecule has 0 bridgehead atoms. The van der Waals surface area contributed by atoms with Gasteiger partial charge in [0.05, 0.1) is 10.0 Å². The van der Waals surface area contributed by atoms with E-state index >= 15 is 0 Å². The second kappa shape index (κ2) is 10.4. The molecule has 0 aliphatic carbocycles. The minimum absolute atomic E-state index is 0.0282. The number of amides is 1. The molecule has 1 amide bonds. The third-order valence-electron chi connectivity index (χ3n) is 6.63. The van der Waals surface area contributed by atoms with E-state index in [0.29, 0.717) is 27.6 Å². The molecule has 194 valence electrons. The molecule has 1 heterocycles. The van der Waals surface area contributed by atoms with Gasteiger partial charge in [-0.25, -0.2) is 0 Å². The molecule has 0 unspecified atom stereocenters. The Balaban J connectivity index is 1.52. The summed E-state index contributed by atoms with van der Waals surface area (Å²) >= 11 is 12.4. The maximum Gasteiger partial charge on any atom is 0.323 e. The van der Waals surface area contributed by atoms with Crippen molar-refractivity contribution in [3.8, 4) is 5.75 Å². The van der Waals surface area contributed by atoms with Gasteiger partial charge in [0.15, 0.2) is 0 Å². The van der Waals surface area contributed by atoms with Crippen LogP contribution in [0.25, 0.3) is 0 Å². The molecular weight excluding hydrogens is 509 g/mol. The Morgan fingerprint density at radius 1 is 1.05 bits per heavy atom. The number of benzene rings is 3. The predicted molar refractivity (Wildman–Crippen MR) is 147 cm³/mol. The van der Waals surface area contributed by atoms with Crippen molar-refractivity contribution in [2.24, 2.45) is 0 Å². The number of fused-ring (bicyclic) bond motifs is 1. The number of carbonyl (C=O) groups excluding carboxylic acids is 1. The minimum Gasteiger partial charge on any atom is -0.487 e. The number of aliphatic carboxylic acids is 1. The van der Waals surface area contributed by atoms with Gasteiger partial charge in [0.1, 0.15) is 17.9 Å². The number of carboxylic acid groups (broad SMARTS) is 1. The SMILES string of the molecule is CC(C)(C)c1ccc(C[C@@]2(C)Cc3cc(C(=O)N(CC(=O)O)Cc4cccc(Cl)c4Cl)ccc3O2)cc1. The molecule has 0 fully saturated rings. The van der Waals surface area contributed by atoms with Crippen molar-refractivity contribution in [1.82, 2.24) is 4.90 Å². The predicted octanol–water partition coefficient (Wildman–Crippen LogP) is 6.95. The largest absolute Gasteiger partial charge is 0.487 e. The second-order valence-corrected chi connectivity index (χ2v) is 11.7. The summed E-state index contributed by atoms with van der Waals surface area (Å²) in [6.07, 6.45) is 1.37. The first kappa shape index (κ1) is 27.0. The average molecular weight is 540 g/mol. The van der Waals surface area contributed by atoms with Crippen LogP contribution in [0.15, 0.2) is 60.7 Å². The number of rotatable bonds is 7. The molecular formula is C30H31Cl2NO4. The fraction of sp³-hybridized carbons (Fsp3) is 0.333. The Kier molecular flexibility index (Phi) is 7.59. The van der Waals surface area contributed by atoms with Gasteiger partial charge >= 0.3 is 5.97 Å². The number of halogens is 2. The van der Waals surface area contributed by atoms with Crippen LogP contribution >= 0.6 is 23.2 Å². The Morgan fingerprint density at radius 2 is 1.76 bits per heavy atom. The van der Waals surface area contributed by atoms with Gasteiger partial charge in [-0.15, -0.1) is 0 Å². The molecule has 5 nitrogen and oxygen atoms in total. The van der Waals surface area contributed by atoms with Crippen LogP contribution in [0, 0.1) is 0 Å². The van der Waals surface area contributed by atoms with Crippen LogP contribution in [0.3, 0.4) is 0 Å². The average Bonchev–Trinajstić information content (AvgIpc) is 3.15. The highest BCUT2D eigenvalue weighted by Gasteiger charge is 2.36. The third-order valence-corrected chi connectivity index (χ3v) is 7.49.